The third kappa shape index (κ3) is 5.63. The van der Waals surface area contributed by atoms with E-state index in [-0.39, 0.29) is 23.0 Å². The number of nitrogens with zero attached hydrogens (tertiary/aromatic N) is 5. The Hall–Kier alpha value is -2.36. The van der Waals surface area contributed by atoms with E-state index in [1.54, 1.807) is 16.9 Å². The van der Waals surface area contributed by atoms with Gasteiger partial charge in [-0.3, -0.25) is 14.8 Å². The Morgan fingerprint density at radius 3 is 2.42 bits per heavy atom. The van der Waals surface area contributed by atoms with Gasteiger partial charge in [0.2, 0.25) is 0 Å². The lowest BCUT2D eigenvalue weighted by atomic mass is 9.71. The fourth-order valence-electron chi connectivity index (χ4n) is 6.31. The molecule has 0 atom stereocenters. The first-order valence-corrected chi connectivity index (χ1v) is 13.0. The molecule has 5 rings (SSSR count). The summed E-state index contributed by atoms with van der Waals surface area (Å²) in [6.45, 7) is 7.95. The van der Waals surface area contributed by atoms with Crippen LogP contribution in [0.2, 0.25) is 0 Å². The number of anilines is 1. The quantitative estimate of drug-likeness (QED) is 0.454. The summed E-state index contributed by atoms with van der Waals surface area (Å²) in [6, 6.07) is 3.48. The molecule has 3 aliphatic rings. The molecule has 1 spiro atoms. The first-order valence-electron chi connectivity index (χ1n) is 13.0. The van der Waals surface area contributed by atoms with Crippen molar-refractivity contribution < 1.29 is 9.66 Å². The maximum atomic E-state index is 11.7. The number of likely N-dealkylation sites (tertiary alicyclic amines) is 1. The summed E-state index contributed by atoms with van der Waals surface area (Å²) in [6.07, 6.45) is 11.3. The number of nitrogens with one attached hydrogen (secondary N) is 1. The molecule has 0 unspecified atom stereocenters. The largest absolute Gasteiger partial charge is 0.490 e. The number of hydrogen-bond acceptors (Lipinski definition) is 7. The molecule has 0 saturated carbocycles. The number of aromatic nitrogens is 2. The van der Waals surface area contributed by atoms with Gasteiger partial charge in [-0.15, -0.1) is 12.4 Å². The number of benzene rings is 1. The van der Waals surface area contributed by atoms with Crippen molar-refractivity contribution in [2.24, 2.45) is 18.4 Å². The van der Waals surface area contributed by atoms with Gasteiger partial charge < -0.3 is 19.9 Å². The Bertz CT molecular complexity index is 1040. The predicted molar refractivity (Wildman–Crippen MR) is 144 cm³/mol. The monoisotopic (exact) mass is 518 g/mol. The van der Waals surface area contributed by atoms with Crippen molar-refractivity contribution in [1.29, 1.82) is 0 Å². The van der Waals surface area contributed by atoms with E-state index in [9.17, 15) is 10.1 Å². The molecule has 0 radical (unpaired) electrons. The average molecular weight is 519 g/mol. The molecule has 0 amide bonds. The highest BCUT2D eigenvalue weighted by molar-refractivity contribution is 5.85. The van der Waals surface area contributed by atoms with Gasteiger partial charge in [0.05, 0.1) is 18.2 Å². The minimum atomic E-state index is -0.374. The standard InChI is InChI=1S/C26H38N6O3.ClH/c1-29-19-21(17-28-29)22-15-24(32(33)34)25(35-2)16-23(22)31-11-3-20(4-12-31)18-30-13-7-26(8-14-30)5-9-27-10-6-26;/h15-17,19-20,27H,3-14,18H2,1-2H3;1H. The van der Waals surface area contributed by atoms with Crippen molar-refractivity contribution in [1.82, 2.24) is 20.0 Å². The number of piperidine rings is 3. The first-order chi connectivity index (χ1) is 17.0. The fraction of sp³-hybridized carbons (Fsp3) is 0.654. The van der Waals surface area contributed by atoms with E-state index in [0.717, 1.165) is 42.7 Å². The molecule has 36 heavy (non-hydrogen) atoms. The summed E-state index contributed by atoms with van der Waals surface area (Å²) in [5.74, 6) is 1.01. The average Bonchev–Trinajstić information content (AvgIpc) is 3.32. The summed E-state index contributed by atoms with van der Waals surface area (Å²) in [5, 5.41) is 19.5. The van der Waals surface area contributed by atoms with E-state index < -0.39 is 0 Å². The van der Waals surface area contributed by atoms with E-state index in [1.807, 2.05) is 19.3 Å². The van der Waals surface area contributed by atoms with E-state index in [0.29, 0.717) is 17.1 Å². The number of aryl methyl sites for hydroxylation is 1. The van der Waals surface area contributed by atoms with Gasteiger partial charge in [0.15, 0.2) is 5.75 Å². The van der Waals surface area contributed by atoms with Crippen LogP contribution < -0.4 is 15.0 Å². The molecule has 3 saturated heterocycles. The second-order valence-corrected chi connectivity index (χ2v) is 10.7. The topological polar surface area (TPSA) is 88.7 Å². The Morgan fingerprint density at radius 2 is 1.83 bits per heavy atom. The summed E-state index contributed by atoms with van der Waals surface area (Å²) >= 11 is 0. The molecule has 9 nitrogen and oxygen atoms in total. The Morgan fingerprint density at radius 1 is 1.14 bits per heavy atom. The van der Waals surface area contributed by atoms with Crippen LogP contribution in [-0.2, 0) is 7.05 Å². The molecule has 10 heteroatoms. The minimum Gasteiger partial charge on any atom is -0.490 e. The van der Waals surface area contributed by atoms with Crippen molar-refractivity contribution in [3.05, 3.63) is 34.6 Å². The maximum Gasteiger partial charge on any atom is 0.311 e. The number of rotatable bonds is 6. The van der Waals surface area contributed by atoms with Gasteiger partial charge in [-0.1, -0.05) is 0 Å². The van der Waals surface area contributed by atoms with Crippen LogP contribution in [0.1, 0.15) is 38.5 Å². The highest BCUT2D eigenvalue weighted by atomic mass is 35.5. The van der Waals surface area contributed by atoms with E-state index >= 15 is 0 Å². The molecule has 198 valence electrons. The molecule has 0 bridgehead atoms. The number of halogens is 1. The maximum absolute atomic E-state index is 11.7. The SMILES string of the molecule is COc1cc(N2CCC(CN3CCC4(CCNCC4)CC3)CC2)c(-c2cnn(C)c2)cc1[N+](=O)[O-].Cl. The number of ether oxygens (including phenoxy) is 1. The smallest absolute Gasteiger partial charge is 0.311 e. The van der Waals surface area contributed by atoms with Crippen molar-refractivity contribution in [2.45, 2.75) is 38.5 Å². The van der Waals surface area contributed by atoms with Gasteiger partial charge in [0.1, 0.15) is 0 Å². The molecule has 3 fully saturated rings. The number of nitro groups is 1. The normalized spacial score (nSPS) is 20.8. The first kappa shape index (κ1) is 26.7. The highest BCUT2D eigenvalue weighted by Gasteiger charge is 2.36. The lowest BCUT2D eigenvalue weighted by Gasteiger charge is -2.45. The van der Waals surface area contributed by atoms with Crippen molar-refractivity contribution in [3.8, 4) is 16.9 Å². The van der Waals surface area contributed by atoms with E-state index in [1.165, 1.54) is 65.5 Å². The zero-order valence-corrected chi connectivity index (χ0v) is 22.3. The predicted octanol–water partition coefficient (Wildman–Crippen LogP) is 4.11. The summed E-state index contributed by atoms with van der Waals surface area (Å²) in [4.78, 5) is 16.4. The summed E-state index contributed by atoms with van der Waals surface area (Å²) in [7, 11) is 3.36. The van der Waals surface area contributed by atoms with Crippen LogP contribution >= 0.6 is 12.4 Å². The van der Waals surface area contributed by atoms with Crippen LogP contribution in [0.4, 0.5) is 11.4 Å². The van der Waals surface area contributed by atoms with Gasteiger partial charge in [-0.2, -0.15) is 5.10 Å². The van der Waals surface area contributed by atoms with Gasteiger partial charge in [0.25, 0.3) is 0 Å². The third-order valence-electron chi connectivity index (χ3n) is 8.56. The Balaban J connectivity index is 0.00000304. The van der Waals surface area contributed by atoms with Gasteiger partial charge in [0, 0.05) is 61.8 Å². The Labute approximate surface area is 219 Å². The van der Waals surface area contributed by atoms with Crippen molar-refractivity contribution in [3.63, 3.8) is 0 Å². The molecule has 2 aromatic rings. The summed E-state index contributed by atoms with van der Waals surface area (Å²) < 4.78 is 7.13. The van der Waals surface area contributed by atoms with Gasteiger partial charge in [-0.25, -0.2) is 0 Å². The number of methoxy groups -OCH3 is 1. The molecule has 1 N–H and O–H groups in total. The summed E-state index contributed by atoms with van der Waals surface area (Å²) in [5.41, 5.74) is 3.30. The van der Waals surface area contributed by atoms with Crippen molar-refractivity contribution in [2.75, 3.05) is 57.8 Å². The Kier molecular flexibility index (Phi) is 8.42. The van der Waals surface area contributed by atoms with Crippen molar-refractivity contribution >= 4 is 23.8 Å². The number of nitro benzene ring substituents is 1. The van der Waals surface area contributed by atoms with Gasteiger partial charge >= 0.3 is 5.69 Å². The second kappa shape index (κ2) is 11.4. The van der Waals surface area contributed by atoms with Crippen LogP contribution in [0, 0.1) is 21.4 Å². The zero-order chi connectivity index (χ0) is 24.4. The van der Waals surface area contributed by atoms with E-state index in [2.05, 4.69) is 20.2 Å². The van der Waals surface area contributed by atoms with Crippen LogP contribution in [0.15, 0.2) is 24.5 Å². The second-order valence-electron chi connectivity index (χ2n) is 10.7. The lowest BCUT2D eigenvalue weighted by Crippen LogP contribution is -2.47. The molecule has 1 aromatic carbocycles. The molecular formula is C26H39ClN6O3. The fourth-order valence-corrected chi connectivity index (χ4v) is 6.31. The van der Waals surface area contributed by atoms with Crippen LogP contribution in [0.5, 0.6) is 5.75 Å². The zero-order valence-electron chi connectivity index (χ0n) is 21.4. The lowest BCUT2D eigenvalue weighted by molar-refractivity contribution is -0.385. The van der Waals surface area contributed by atoms with Crippen LogP contribution in [0.3, 0.4) is 0 Å². The third-order valence-corrected chi connectivity index (χ3v) is 8.56. The number of hydrogen-bond donors (Lipinski definition) is 1. The van der Waals surface area contributed by atoms with Crippen LogP contribution in [-0.4, -0.2) is 72.5 Å². The van der Waals surface area contributed by atoms with Gasteiger partial charge in [-0.05, 0) is 76.0 Å². The molecule has 3 aliphatic heterocycles. The molecule has 4 heterocycles. The minimum absolute atomic E-state index is 0. The highest BCUT2D eigenvalue weighted by Crippen LogP contribution is 2.42. The molecule has 0 aliphatic carbocycles. The van der Waals surface area contributed by atoms with Crippen LogP contribution in [0.25, 0.3) is 11.1 Å². The van der Waals surface area contributed by atoms with E-state index in [4.69, 9.17) is 4.74 Å². The molecular weight excluding hydrogens is 480 g/mol. The molecule has 1 aromatic heterocycles.